The zero-order valence-corrected chi connectivity index (χ0v) is 25.6. The highest BCUT2D eigenvalue weighted by atomic mass is 16.5. The van der Waals surface area contributed by atoms with Gasteiger partial charge in [-0.2, -0.15) is 0 Å². The van der Waals surface area contributed by atoms with Crippen LogP contribution in [0.5, 0.6) is 5.75 Å². The number of allylic oxidation sites excluding steroid dienone is 2. The molecule has 0 aromatic heterocycles. The van der Waals surface area contributed by atoms with Crippen LogP contribution < -0.4 is 10.1 Å². The van der Waals surface area contributed by atoms with Gasteiger partial charge >= 0.3 is 6.09 Å². The van der Waals surface area contributed by atoms with Crippen LogP contribution in [0.25, 0.3) is 16.8 Å². The first kappa shape index (κ1) is 33.6. The first-order valence-electron chi connectivity index (χ1n) is 15.1. The van der Waals surface area contributed by atoms with Crippen molar-refractivity contribution in [2.45, 2.75) is 75.5 Å². The molecule has 1 N–H and O–H groups in total. The van der Waals surface area contributed by atoms with Crippen molar-refractivity contribution in [2.75, 3.05) is 27.4 Å². The molecular weight excluding hydrogens is 544 g/mol. The molecule has 2 amide bonds. The van der Waals surface area contributed by atoms with Gasteiger partial charge in [-0.3, -0.25) is 4.79 Å². The number of hydrogen-bond acceptors (Lipinski definition) is 6. The highest BCUT2D eigenvalue weighted by molar-refractivity contribution is 5.89. The van der Waals surface area contributed by atoms with Gasteiger partial charge in [-0.1, -0.05) is 49.8 Å². The van der Waals surface area contributed by atoms with Crippen LogP contribution in [-0.2, 0) is 24.7 Å². The molecule has 2 aromatic rings. The molecule has 1 saturated heterocycles. The number of alkyl carbamates (subject to hydrolysis) is 1. The van der Waals surface area contributed by atoms with Crippen molar-refractivity contribution < 1.29 is 28.6 Å². The summed E-state index contributed by atoms with van der Waals surface area (Å²) in [7, 11) is 3.22. The van der Waals surface area contributed by atoms with Gasteiger partial charge in [-0.15, -0.1) is 13.2 Å². The summed E-state index contributed by atoms with van der Waals surface area (Å²) >= 11 is 0. The van der Waals surface area contributed by atoms with E-state index >= 15 is 0 Å². The Hall–Kier alpha value is -3.91. The van der Waals surface area contributed by atoms with Crippen molar-refractivity contribution in [3.05, 3.63) is 73.3 Å². The summed E-state index contributed by atoms with van der Waals surface area (Å²) in [6.07, 6.45) is 12.2. The maximum atomic E-state index is 14.0. The summed E-state index contributed by atoms with van der Waals surface area (Å²) in [6, 6.07) is 8.41. The number of likely N-dealkylation sites (tertiary alicyclic amines) is 1. The van der Waals surface area contributed by atoms with Gasteiger partial charge in [0.1, 0.15) is 23.7 Å². The minimum Gasteiger partial charge on any atom is -0.496 e. The van der Waals surface area contributed by atoms with Crippen molar-refractivity contribution in [3.8, 4) is 5.75 Å². The van der Waals surface area contributed by atoms with Crippen LogP contribution >= 0.6 is 0 Å². The minimum atomic E-state index is -0.899. The van der Waals surface area contributed by atoms with Crippen LogP contribution in [0.4, 0.5) is 4.79 Å². The lowest BCUT2D eigenvalue weighted by Gasteiger charge is -2.30. The predicted octanol–water partition coefficient (Wildman–Crippen LogP) is 6.72. The second-order valence-corrected chi connectivity index (χ2v) is 11.0. The maximum Gasteiger partial charge on any atom is 0.407 e. The third-order valence-corrected chi connectivity index (χ3v) is 8.16. The molecule has 8 heteroatoms. The molecule has 3 rings (SSSR count). The molecule has 0 saturated carbocycles. The van der Waals surface area contributed by atoms with Crippen LogP contribution in [0.1, 0.15) is 68.9 Å². The summed E-state index contributed by atoms with van der Waals surface area (Å²) in [5.41, 5.74) is 0.823. The summed E-state index contributed by atoms with van der Waals surface area (Å²) in [4.78, 5) is 40.5. The van der Waals surface area contributed by atoms with Gasteiger partial charge in [0, 0.05) is 19.1 Å². The standard InChI is InChI=1S/C35H46N2O6/c1-6-9-11-13-14-16-31(36-34(40)43-19-15-12-10-7-2)33(39)37-25-35(42-5,23-30(37)24-38)29-18-17-27-22-32(41-4)26(8-3)20-28(27)21-29/h6-8,17-18,20-22,24,30-31H,1-3,9-16,19,23,25H2,4-5H3,(H,36,40)/t30-,31-,35-/m0/s1. The molecule has 3 atom stereocenters. The fraction of sp³-hybridized carbons (Fsp3) is 0.457. The SMILES string of the molecule is C=CCCCCC[C@H](NC(=O)OCCCCC=C)C(=O)N1C[C@](OC)(c2ccc3cc(OC)c(C=C)cc3c2)C[C@H]1C=O. The number of amides is 2. The summed E-state index contributed by atoms with van der Waals surface area (Å²) in [5, 5.41) is 4.73. The average Bonchev–Trinajstić information content (AvgIpc) is 3.43. The fourth-order valence-corrected chi connectivity index (χ4v) is 5.67. The van der Waals surface area contributed by atoms with E-state index < -0.39 is 23.8 Å². The molecule has 1 heterocycles. The number of fused-ring (bicyclic) bond motifs is 1. The Morgan fingerprint density at radius 3 is 2.42 bits per heavy atom. The lowest BCUT2D eigenvalue weighted by atomic mass is 9.89. The number of ether oxygens (including phenoxy) is 3. The van der Waals surface area contributed by atoms with Gasteiger partial charge in [0.15, 0.2) is 0 Å². The lowest BCUT2D eigenvalue weighted by molar-refractivity contribution is -0.137. The molecule has 43 heavy (non-hydrogen) atoms. The molecule has 2 aromatic carbocycles. The van der Waals surface area contributed by atoms with Gasteiger partial charge in [0.05, 0.1) is 26.3 Å². The van der Waals surface area contributed by atoms with Crippen LogP contribution in [0.3, 0.4) is 0 Å². The number of nitrogens with one attached hydrogen (secondary N) is 1. The maximum absolute atomic E-state index is 14.0. The number of carbonyl (C=O) groups excluding carboxylic acids is 3. The van der Waals surface area contributed by atoms with Crippen molar-refractivity contribution in [1.82, 2.24) is 10.2 Å². The zero-order chi connectivity index (χ0) is 31.2. The van der Waals surface area contributed by atoms with Gasteiger partial charge in [-0.25, -0.2) is 4.79 Å². The van der Waals surface area contributed by atoms with Gasteiger partial charge in [0.25, 0.3) is 0 Å². The normalized spacial score (nSPS) is 18.6. The summed E-state index contributed by atoms with van der Waals surface area (Å²) in [6.45, 7) is 11.8. The molecule has 0 unspecified atom stereocenters. The average molecular weight is 591 g/mol. The second kappa shape index (κ2) is 16.7. The minimum absolute atomic E-state index is 0.174. The van der Waals surface area contributed by atoms with Crippen LogP contribution in [0, 0.1) is 0 Å². The van der Waals surface area contributed by atoms with Crippen LogP contribution in [0.15, 0.2) is 62.2 Å². The van der Waals surface area contributed by atoms with Crippen molar-refractivity contribution >= 4 is 35.1 Å². The fourth-order valence-electron chi connectivity index (χ4n) is 5.67. The Morgan fingerprint density at radius 1 is 1.02 bits per heavy atom. The molecule has 232 valence electrons. The van der Waals surface area contributed by atoms with Gasteiger partial charge in [-0.05, 0) is 73.1 Å². The molecule has 0 radical (unpaired) electrons. The largest absolute Gasteiger partial charge is 0.496 e. The Kier molecular flexibility index (Phi) is 13.0. The van der Waals surface area contributed by atoms with Crippen LogP contribution in [-0.4, -0.2) is 62.6 Å². The Bertz CT molecular complexity index is 1290. The van der Waals surface area contributed by atoms with Gasteiger partial charge in [0.2, 0.25) is 5.91 Å². The molecule has 1 fully saturated rings. The number of hydrogen-bond donors (Lipinski definition) is 1. The molecule has 1 aliphatic heterocycles. The number of rotatable bonds is 18. The quantitative estimate of drug-likeness (QED) is 0.118. The molecule has 1 aliphatic rings. The van der Waals surface area contributed by atoms with Crippen molar-refractivity contribution in [1.29, 1.82) is 0 Å². The Labute approximate surface area is 255 Å². The van der Waals surface area contributed by atoms with E-state index in [1.165, 1.54) is 0 Å². The van der Waals surface area contributed by atoms with E-state index in [1.54, 1.807) is 25.2 Å². The van der Waals surface area contributed by atoms with E-state index in [0.717, 1.165) is 72.5 Å². The summed E-state index contributed by atoms with van der Waals surface area (Å²) < 4.78 is 16.9. The highest BCUT2D eigenvalue weighted by Gasteiger charge is 2.48. The van der Waals surface area contributed by atoms with Crippen molar-refractivity contribution in [2.24, 2.45) is 0 Å². The molecule has 0 bridgehead atoms. The van der Waals surface area contributed by atoms with E-state index in [-0.39, 0.29) is 19.1 Å². The van der Waals surface area contributed by atoms with Gasteiger partial charge < -0.3 is 29.2 Å². The third kappa shape index (κ3) is 8.57. The monoisotopic (exact) mass is 590 g/mol. The number of nitrogens with zero attached hydrogens (tertiary/aromatic N) is 1. The number of methoxy groups -OCH3 is 2. The molecule has 0 aliphatic carbocycles. The smallest absolute Gasteiger partial charge is 0.407 e. The van der Waals surface area contributed by atoms with E-state index in [0.29, 0.717) is 19.3 Å². The number of unbranched alkanes of at least 4 members (excludes halogenated alkanes) is 5. The van der Waals surface area contributed by atoms with E-state index in [2.05, 4.69) is 25.1 Å². The number of carbonyl (C=O) groups is 3. The Morgan fingerprint density at radius 2 is 1.77 bits per heavy atom. The van der Waals surface area contributed by atoms with Crippen molar-refractivity contribution in [3.63, 3.8) is 0 Å². The number of aldehydes is 1. The second-order valence-electron chi connectivity index (χ2n) is 11.0. The molecule has 8 nitrogen and oxygen atoms in total. The summed E-state index contributed by atoms with van der Waals surface area (Å²) in [5.74, 6) is 0.413. The first-order valence-corrected chi connectivity index (χ1v) is 15.1. The first-order chi connectivity index (χ1) is 20.9. The number of benzene rings is 2. The Balaban J connectivity index is 1.83. The van der Waals surface area contributed by atoms with E-state index in [9.17, 15) is 14.4 Å². The van der Waals surface area contributed by atoms with E-state index in [4.69, 9.17) is 14.2 Å². The van der Waals surface area contributed by atoms with E-state index in [1.807, 2.05) is 42.5 Å². The molecule has 0 spiro atoms. The highest BCUT2D eigenvalue weighted by Crippen LogP contribution is 2.40. The third-order valence-electron chi connectivity index (χ3n) is 8.16. The topological polar surface area (TPSA) is 94.2 Å². The predicted molar refractivity (Wildman–Crippen MR) is 171 cm³/mol. The lowest BCUT2D eigenvalue weighted by Crippen LogP contribution is -2.51. The molecular formula is C35H46N2O6. The zero-order valence-electron chi connectivity index (χ0n) is 25.6. The van der Waals surface area contributed by atoms with Crippen LogP contribution in [0.2, 0.25) is 0 Å².